The van der Waals surface area contributed by atoms with Crippen LogP contribution < -0.4 is 4.74 Å². The van der Waals surface area contributed by atoms with Crippen molar-refractivity contribution in [2.45, 2.75) is 25.4 Å². The number of ether oxygens (including phenoxy) is 1. The molecule has 1 fully saturated rings. The van der Waals surface area contributed by atoms with Crippen LogP contribution in [0, 0.1) is 11.8 Å². The summed E-state index contributed by atoms with van der Waals surface area (Å²) in [7, 11) is 0. The van der Waals surface area contributed by atoms with E-state index in [2.05, 4.69) is 11.8 Å². The first-order chi connectivity index (χ1) is 7.38. The summed E-state index contributed by atoms with van der Waals surface area (Å²) in [5.74, 6) is 7.59. The van der Waals surface area contributed by atoms with Crippen LogP contribution in [0.1, 0.15) is 24.8 Å². The van der Waals surface area contributed by atoms with Gasteiger partial charge in [-0.2, -0.15) is 0 Å². The highest BCUT2D eigenvalue weighted by molar-refractivity contribution is 6.18. The largest absolute Gasteiger partial charge is 0.490 e. The van der Waals surface area contributed by atoms with Crippen molar-refractivity contribution in [2.75, 3.05) is 5.88 Å². The first-order valence-electron chi connectivity index (χ1n) is 5.20. The summed E-state index contributed by atoms with van der Waals surface area (Å²) in [6, 6.07) is 7.92. The third-order valence-corrected chi connectivity index (χ3v) is 2.30. The molecule has 1 aliphatic carbocycles. The Morgan fingerprint density at radius 3 is 3.00 bits per heavy atom. The number of rotatable bonds is 3. The second-order valence-corrected chi connectivity index (χ2v) is 3.96. The Morgan fingerprint density at radius 1 is 1.40 bits per heavy atom. The highest BCUT2D eigenvalue weighted by atomic mass is 35.5. The molecule has 1 aliphatic rings. The Labute approximate surface area is 95.4 Å². The van der Waals surface area contributed by atoms with Gasteiger partial charge in [0.05, 0.1) is 6.10 Å². The molecule has 0 N–H and O–H groups in total. The molecule has 15 heavy (non-hydrogen) atoms. The molecule has 0 bridgehead atoms. The average molecular weight is 221 g/mol. The van der Waals surface area contributed by atoms with Gasteiger partial charge in [-0.25, -0.2) is 0 Å². The highest BCUT2D eigenvalue weighted by Crippen LogP contribution is 2.26. The molecule has 0 radical (unpaired) electrons. The first kappa shape index (κ1) is 10.4. The van der Waals surface area contributed by atoms with Crippen LogP contribution >= 0.6 is 11.6 Å². The van der Waals surface area contributed by atoms with E-state index in [1.807, 2.05) is 24.3 Å². The van der Waals surface area contributed by atoms with Crippen LogP contribution in [-0.2, 0) is 0 Å². The SMILES string of the molecule is ClCCC#Cc1cccc(OC2CC2)c1. The molecule has 1 saturated carbocycles. The normalized spacial score (nSPS) is 14.2. The van der Waals surface area contributed by atoms with E-state index in [0.29, 0.717) is 12.0 Å². The van der Waals surface area contributed by atoms with Crippen molar-refractivity contribution in [1.82, 2.24) is 0 Å². The van der Waals surface area contributed by atoms with Crippen LogP contribution in [0.2, 0.25) is 0 Å². The minimum absolute atomic E-state index is 0.441. The zero-order valence-electron chi connectivity index (χ0n) is 8.50. The summed E-state index contributed by atoms with van der Waals surface area (Å²) in [5.41, 5.74) is 0.998. The summed E-state index contributed by atoms with van der Waals surface area (Å²) in [5, 5.41) is 0. The maximum atomic E-state index is 5.68. The Kier molecular flexibility index (Phi) is 3.53. The molecule has 0 unspecified atom stereocenters. The van der Waals surface area contributed by atoms with E-state index in [4.69, 9.17) is 16.3 Å². The zero-order valence-corrected chi connectivity index (χ0v) is 9.26. The van der Waals surface area contributed by atoms with Crippen LogP contribution in [0.3, 0.4) is 0 Å². The van der Waals surface area contributed by atoms with Crippen LogP contribution in [0.25, 0.3) is 0 Å². The Balaban J connectivity index is 2.01. The van der Waals surface area contributed by atoms with Gasteiger partial charge in [0.1, 0.15) is 5.75 Å². The van der Waals surface area contributed by atoms with Crippen LogP contribution in [0.15, 0.2) is 24.3 Å². The molecule has 1 aromatic carbocycles. The molecule has 78 valence electrons. The molecule has 0 atom stereocenters. The van der Waals surface area contributed by atoms with Crippen LogP contribution in [0.5, 0.6) is 5.75 Å². The Morgan fingerprint density at radius 2 is 2.27 bits per heavy atom. The molecule has 0 aliphatic heterocycles. The molecular formula is C13H13ClO. The number of alkyl halides is 1. The zero-order chi connectivity index (χ0) is 10.5. The van der Waals surface area contributed by atoms with Crippen molar-refractivity contribution in [1.29, 1.82) is 0 Å². The first-order valence-corrected chi connectivity index (χ1v) is 5.73. The molecule has 0 spiro atoms. The van der Waals surface area contributed by atoms with Crippen LogP contribution in [-0.4, -0.2) is 12.0 Å². The second-order valence-electron chi connectivity index (χ2n) is 3.59. The van der Waals surface area contributed by atoms with E-state index in [0.717, 1.165) is 17.7 Å². The summed E-state index contributed by atoms with van der Waals surface area (Å²) < 4.78 is 5.68. The number of hydrogen-bond acceptors (Lipinski definition) is 1. The smallest absolute Gasteiger partial charge is 0.120 e. The monoisotopic (exact) mass is 220 g/mol. The van der Waals surface area contributed by atoms with E-state index < -0.39 is 0 Å². The van der Waals surface area contributed by atoms with Crippen molar-refractivity contribution < 1.29 is 4.74 Å². The molecular weight excluding hydrogens is 208 g/mol. The Bertz CT molecular complexity index is 385. The summed E-state index contributed by atoms with van der Waals surface area (Å²) in [6.45, 7) is 0. The van der Waals surface area contributed by atoms with Gasteiger partial charge in [-0.1, -0.05) is 17.9 Å². The maximum Gasteiger partial charge on any atom is 0.120 e. The fourth-order valence-corrected chi connectivity index (χ4v) is 1.33. The number of halogens is 1. The topological polar surface area (TPSA) is 9.23 Å². The van der Waals surface area contributed by atoms with Gasteiger partial charge < -0.3 is 4.74 Å². The summed E-state index contributed by atoms with van der Waals surface area (Å²) in [6.07, 6.45) is 3.54. The quantitative estimate of drug-likeness (QED) is 0.562. The van der Waals surface area contributed by atoms with Crippen molar-refractivity contribution >= 4 is 11.6 Å². The van der Waals surface area contributed by atoms with Gasteiger partial charge in [0.2, 0.25) is 0 Å². The molecule has 0 aromatic heterocycles. The van der Waals surface area contributed by atoms with Gasteiger partial charge in [0.15, 0.2) is 0 Å². The standard InChI is InChI=1S/C13H13ClO/c14-9-2-1-4-11-5-3-6-13(10-11)15-12-7-8-12/h3,5-6,10,12H,2,7-9H2. The van der Waals surface area contributed by atoms with Gasteiger partial charge in [-0.05, 0) is 31.0 Å². The highest BCUT2D eigenvalue weighted by Gasteiger charge is 2.23. The minimum atomic E-state index is 0.441. The molecule has 0 amide bonds. The number of benzene rings is 1. The van der Waals surface area contributed by atoms with E-state index >= 15 is 0 Å². The lowest BCUT2D eigenvalue weighted by molar-refractivity contribution is 0.303. The molecule has 2 rings (SSSR count). The lowest BCUT2D eigenvalue weighted by atomic mass is 10.2. The van der Waals surface area contributed by atoms with Gasteiger partial charge in [-0.15, -0.1) is 11.6 Å². The predicted molar refractivity (Wildman–Crippen MR) is 62.3 cm³/mol. The number of hydrogen-bond donors (Lipinski definition) is 0. The van der Waals surface area contributed by atoms with Crippen molar-refractivity contribution in [3.8, 4) is 17.6 Å². The van der Waals surface area contributed by atoms with Crippen molar-refractivity contribution in [2.24, 2.45) is 0 Å². The van der Waals surface area contributed by atoms with Gasteiger partial charge in [-0.3, -0.25) is 0 Å². The third-order valence-electron chi connectivity index (χ3n) is 2.11. The lowest BCUT2D eigenvalue weighted by Crippen LogP contribution is -1.95. The molecule has 2 heteroatoms. The predicted octanol–water partition coefficient (Wildman–Crippen LogP) is 3.21. The lowest BCUT2D eigenvalue weighted by Gasteiger charge is -2.03. The van der Waals surface area contributed by atoms with Gasteiger partial charge in [0.25, 0.3) is 0 Å². The van der Waals surface area contributed by atoms with E-state index in [-0.39, 0.29) is 0 Å². The third kappa shape index (κ3) is 3.49. The van der Waals surface area contributed by atoms with Gasteiger partial charge in [0, 0.05) is 17.9 Å². The summed E-state index contributed by atoms with van der Waals surface area (Å²) >= 11 is 5.55. The molecule has 1 aromatic rings. The maximum absolute atomic E-state index is 5.68. The second kappa shape index (κ2) is 5.09. The molecule has 0 saturated heterocycles. The fourth-order valence-electron chi connectivity index (χ4n) is 1.24. The average Bonchev–Trinajstić information content (AvgIpc) is 3.03. The van der Waals surface area contributed by atoms with Gasteiger partial charge >= 0.3 is 0 Å². The van der Waals surface area contributed by atoms with E-state index in [1.54, 1.807) is 0 Å². The van der Waals surface area contributed by atoms with E-state index in [9.17, 15) is 0 Å². The fraction of sp³-hybridized carbons (Fsp3) is 0.385. The van der Waals surface area contributed by atoms with Crippen molar-refractivity contribution in [3.05, 3.63) is 29.8 Å². The van der Waals surface area contributed by atoms with Crippen molar-refractivity contribution in [3.63, 3.8) is 0 Å². The molecule has 1 nitrogen and oxygen atoms in total. The minimum Gasteiger partial charge on any atom is -0.490 e. The van der Waals surface area contributed by atoms with E-state index in [1.165, 1.54) is 12.8 Å². The Hall–Kier alpha value is -1.13. The molecule has 0 heterocycles. The van der Waals surface area contributed by atoms with Crippen LogP contribution in [0.4, 0.5) is 0 Å². The summed E-state index contributed by atoms with van der Waals surface area (Å²) in [4.78, 5) is 0.